The lowest BCUT2D eigenvalue weighted by atomic mass is 10.0. The SMILES string of the molecule is COc1ccc(C(O)CCCN)c(OC)c1. The fraction of sp³-hybridized carbons (Fsp3) is 0.500. The molecule has 1 rings (SSSR count). The molecule has 3 N–H and O–H groups in total. The molecule has 0 aliphatic heterocycles. The molecule has 90 valence electrons. The smallest absolute Gasteiger partial charge is 0.128 e. The van der Waals surface area contributed by atoms with Crippen LogP contribution in [0.1, 0.15) is 24.5 Å². The zero-order valence-corrected chi connectivity index (χ0v) is 9.77. The molecule has 0 fully saturated rings. The molecule has 0 radical (unpaired) electrons. The van der Waals surface area contributed by atoms with E-state index >= 15 is 0 Å². The van der Waals surface area contributed by atoms with Crippen LogP contribution in [0.4, 0.5) is 0 Å². The predicted octanol–water partition coefficient (Wildman–Crippen LogP) is 1.48. The molecule has 1 atom stereocenters. The molecule has 16 heavy (non-hydrogen) atoms. The van der Waals surface area contributed by atoms with Gasteiger partial charge < -0.3 is 20.3 Å². The van der Waals surface area contributed by atoms with Crippen molar-refractivity contribution in [3.63, 3.8) is 0 Å². The molecular formula is C12H19NO3. The Morgan fingerprint density at radius 3 is 2.62 bits per heavy atom. The quantitative estimate of drug-likeness (QED) is 0.769. The maximum absolute atomic E-state index is 9.95. The first-order valence-corrected chi connectivity index (χ1v) is 5.33. The Balaban J connectivity index is 2.85. The number of nitrogens with two attached hydrogens (primary N) is 1. The minimum atomic E-state index is -0.538. The topological polar surface area (TPSA) is 64.7 Å². The second-order valence-electron chi connectivity index (χ2n) is 3.55. The van der Waals surface area contributed by atoms with Crippen LogP contribution < -0.4 is 15.2 Å². The molecule has 0 saturated carbocycles. The van der Waals surface area contributed by atoms with Gasteiger partial charge in [0.25, 0.3) is 0 Å². The number of hydrogen-bond acceptors (Lipinski definition) is 4. The van der Waals surface area contributed by atoms with Crippen molar-refractivity contribution in [3.8, 4) is 11.5 Å². The second-order valence-corrected chi connectivity index (χ2v) is 3.55. The number of methoxy groups -OCH3 is 2. The first-order chi connectivity index (χ1) is 7.72. The van der Waals surface area contributed by atoms with E-state index in [1.165, 1.54) is 0 Å². The molecule has 0 saturated heterocycles. The summed E-state index contributed by atoms with van der Waals surface area (Å²) in [6.07, 6.45) is 0.889. The fourth-order valence-electron chi connectivity index (χ4n) is 1.56. The Hall–Kier alpha value is -1.26. The summed E-state index contributed by atoms with van der Waals surface area (Å²) in [4.78, 5) is 0. The van der Waals surface area contributed by atoms with Crippen molar-refractivity contribution >= 4 is 0 Å². The van der Waals surface area contributed by atoms with Gasteiger partial charge in [-0.1, -0.05) is 0 Å². The summed E-state index contributed by atoms with van der Waals surface area (Å²) in [7, 11) is 3.17. The van der Waals surface area contributed by atoms with E-state index in [1.807, 2.05) is 12.1 Å². The van der Waals surface area contributed by atoms with E-state index in [-0.39, 0.29) is 0 Å². The van der Waals surface area contributed by atoms with Crippen LogP contribution in [0.5, 0.6) is 11.5 Å². The standard InChI is InChI=1S/C12H19NO3/c1-15-9-5-6-10(12(8-9)16-2)11(14)4-3-7-13/h5-6,8,11,14H,3-4,7,13H2,1-2H3. The highest BCUT2D eigenvalue weighted by Gasteiger charge is 2.13. The largest absolute Gasteiger partial charge is 0.497 e. The van der Waals surface area contributed by atoms with Gasteiger partial charge in [-0.05, 0) is 31.5 Å². The summed E-state index contributed by atoms with van der Waals surface area (Å²) in [5.41, 5.74) is 6.18. The molecule has 0 aliphatic rings. The van der Waals surface area contributed by atoms with E-state index in [0.717, 1.165) is 12.0 Å². The summed E-state index contributed by atoms with van der Waals surface area (Å²) >= 11 is 0. The van der Waals surface area contributed by atoms with Crippen molar-refractivity contribution in [2.75, 3.05) is 20.8 Å². The number of ether oxygens (including phenoxy) is 2. The number of benzene rings is 1. The molecule has 0 bridgehead atoms. The highest BCUT2D eigenvalue weighted by molar-refractivity contribution is 5.41. The molecule has 4 heteroatoms. The van der Waals surface area contributed by atoms with Crippen LogP contribution in [0.2, 0.25) is 0 Å². The third-order valence-electron chi connectivity index (χ3n) is 2.48. The van der Waals surface area contributed by atoms with Gasteiger partial charge in [-0.15, -0.1) is 0 Å². The molecule has 0 heterocycles. The van der Waals surface area contributed by atoms with Crippen LogP contribution in [0, 0.1) is 0 Å². The molecule has 4 nitrogen and oxygen atoms in total. The van der Waals surface area contributed by atoms with E-state index in [1.54, 1.807) is 20.3 Å². The number of aliphatic hydroxyl groups is 1. The van der Waals surface area contributed by atoms with Crippen molar-refractivity contribution in [2.45, 2.75) is 18.9 Å². The van der Waals surface area contributed by atoms with E-state index in [0.29, 0.717) is 24.5 Å². The fourth-order valence-corrected chi connectivity index (χ4v) is 1.56. The van der Waals surface area contributed by atoms with Gasteiger partial charge in [-0.2, -0.15) is 0 Å². The molecule has 0 aromatic heterocycles. The van der Waals surface area contributed by atoms with Crippen molar-refractivity contribution in [1.82, 2.24) is 0 Å². The van der Waals surface area contributed by atoms with Gasteiger partial charge in [0.15, 0.2) is 0 Å². The summed E-state index contributed by atoms with van der Waals surface area (Å²) in [5, 5.41) is 9.95. The van der Waals surface area contributed by atoms with Crippen molar-refractivity contribution in [2.24, 2.45) is 5.73 Å². The monoisotopic (exact) mass is 225 g/mol. The summed E-state index contributed by atoms with van der Waals surface area (Å²) in [6, 6.07) is 5.39. The van der Waals surface area contributed by atoms with Gasteiger partial charge in [0.2, 0.25) is 0 Å². The third kappa shape index (κ3) is 3.12. The minimum absolute atomic E-state index is 0.538. The summed E-state index contributed by atoms with van der Waals surface area (Å²) < 4.78 is 10.3. The zero-order chi connectivity index (χ0) is 12.0. The lowest BCUT2D eigenvalue weighted by Crippen LogP contribution is -2.05. The van der Waals surface area contributed by atoms with E-state index < -0.39 is 6.10 Å². The van der Waals surface area contributed by atoms with Crippen molar-refractivity contribution in [1.29, 1.82) is 0 Å². The summed E-state index contributed by atoms with van der Waals surface area (Å²) in [5.74, 6) is 1.36. The van der Waals surface area contributed by atoms with Gasteiger partial charge in [-0.25, -0.2) is 0 Å². The van der Waals surface area contributed by atoms with Crippen LogP contribution in [-0.2, 0) is 0 Å². The average molecular weight is 225 g/mol. The third-order valence-corrected chi connectivity index (χ3v) is 2.48. The molecule has 1 aromatic rings. The zero-order valence-electron chi connectivity index (χ0n) is 9.77. The predicted molar refractivity (Wildman–Crippen MR) is 62.8 cm³/mol. The van der Waals surface area contributed by atoms with Crippen molar-refractivity contribution in [3.05, 3.63) is 23.8 Å². The Morgan fingerprint density at radius 1 is 1.31 bits per heavy atom. The molecule has 0 amide bonds. The number of aliphatic hydroxyl groups excluding tert-OH is 1. The Bertz CT molecular complexity index is 328. The van der Waals surface area contributed by atoms with Crippen LogP contribution >= 0.6 is 0 Å². The minimum Gasteiger partial charge on any atom is -0.497 e. The average Bonchev–Trinajstić information content (AvgIpc) is 2.34. The van der Waals surface area contributed by atoms with Gasteiger partial charge in [-0.3, -0.25) is 0 Å². The molecule has 0 aliphatic carbocycles. The lowest BCUT2D eigenvalue weighted by molar-refractivity contribution is 0.161. The van der Waals surface area contributed by atoms with E-state index in [4.69, 9.17) is 15.2 Å². The van der Waals surface area contributed by atoms with Crippen LogP contribution in [0.3, 0.4) is 0 Å². The summed E-state index contributed by atoms with van der Waals surface area (Å²) in [6.45, 7) is 0.579. The highest BCUT2D eigenvalue weighted by Crippen LogP contribution is 2.31. The Kier molecular flexibility index (Phi) is 5.08. The van der Waals surface area contributed by atoms with Crippen LogP contribution in [0.25, 0.3) is 0 Å². The molecule has 1 unspecified atom stereocenters. The molecular weight excluding hydrogens is 206 g/mol. The number of rotatable bonds is 6. The number of hydrogen-bond donors (Lipinski definition) is 2. The molecule has 1 aromatic carbocycles. The van der Waals surface area contributed by atoms with Crippen LogP contribution in [0.15, 0.2) is 18.2 Å². The highest BCUT2D eigenvalue weighted by atomic mass is 16.5. The Labute approximate surface area is 96.0 Å². The van der Waals surface area contributed by atoms with Gasteiger partial charge in [0.05, 0.1) is 20.3 Å². The normalized spacial score (nSPS) is 12.2. The van der Waals surface area contributed by atoms with Gasteiger partial charge >= 0.3 is 0 Å². The first kappa shape index (κ1) is 12.8. The second kappa shape index (κ2) is 6.35. The molecule has 0 spiro atoms. The maximum atomic E-state index is 9.95. The van der Waals surface area contributed by atoms with E-state index in [2.05, 4.69) is 0 Å². The first-order valence-electron chi connectivity index (χ1n) is 5.33. The van der Waals surface area contributed by atoms with Crippen molar-refractivity contribution < 1.29 is 14.6 Å². The lowest BCUT2D eigenvalue weighted by Gasteiger charge is -2.15. The van der Waals surface area contributed by atoms with Crippen LogP contribution in [-0.4, -0.2) is 25.9 Å². The van der Waals surface area contributed by atoms with E-state index in [9.17, 15) is 5.11 Å². The Morgan fingerprint density at radius 2 is 2.06 bits per heavy atom. The van der Waals surface area contributed by atoms with Gasteiger partial charge in [0, 0.05) is 11.6 Å². The maximum Gasteiger partial charge on any atom is 0.128 e. The van der Waals surface area contributed by atoms with Gasteiger partial charge in [0.1, 0.15) is 11.5 Å².